The molecule has 74 valence electrons. The average molecular weight is 229 g/mol. The Labute approximate surface area is 92.2 Å². The van der Waals surface area contributed by atoms with Crippen molar-refractivity contribution in [3.05, 3.63) is 34.4 Å². The second-order valence-electron chi connectivity index (χ2n) is 3.11. The van der Waals surface area contributed by atoms with Gasteiger partial charge in [-0.25, -0.2) is 0 Å². The third-order valence-electron chi connectivity index (χ3n) is 2.17. The second kappa shape index (κ2) is 3.81. The van der Waals surface area contributed by atoms with Gasteiger partial charge in [0.2, 0.25) is 0 Å². The van der Waals surface area contributed by atoms with Crippen molar-refractivity contribution in [2.45, 2.75) is 6.54 Å². The summed E-state index contributed by atoms with van der Waals surface area (Å²) in [6, 6.07) is 7.63. The van der Waals surface area contributed by atoms with Crippen molar-refractivity contribution < 1.29 is 0 Å². The first kappa shape index (κ1) is 9.84. The molecule has 0 saturated carbocycles. The molecule has 1 heterocycles. The lowest BCUT2D eigenvalue weighted by molar-refractivity contribution is 0.736. The maximum atomic E-state index is 6.06. The number of halogens is 2. The molecule has 4 heteroatoms. The predicted octanol–water partition coefficient (Wildman–Crippen LogP) is 2.91. The Morgan fingerprint density at radius 2 is 2.00 bits per heavy atom. The molecule has 0 amide bonds. The van der Waals surface area contributed by atoms with E-state index in [0.29, 0.717) is 23.3 Å². The number of hydrogen-bond acceptors (Lipinski definition) is 1. The molecule has 0 fully saturated rings. The van der Waals surface area contributed by atoms with Crippen LogP contribution in [0.15, 0.2) is 24.3 Å². The molecule has 2 N–H and O–H groups in total. The van der Waals surface area contributed by atoms with Crippen LogP contribution in [-0.4, -0.2) is 11.1 Å². The van der Waals surface area contributed by atoms with Crippen LogP contribution in [-0.2, 0) is 6.54 Å². The summed E-state index contributed by atoms with van der Waals surface area (Å²) in [5.41, 5.74) is 6.54. The molecule has 1 aromatic carbocycles. The molecule has 2 aromatic rings. The van der Waals surface area contributed by atoms with Crippen molar-refractivity contribution in [1.29, 1.82) is 0 Å². The van der Waals surface area contributed by atoms with Crippen molar-refractivity contribution >= 4 is 34.1 Å². The summed E-state index contributed by atoms with van der Waals surface area (Å²) in [5, 5.41) is 2.51. The minimum atomic E-state index is 0.565. The Morgan fingerprint density at radius 1 is 1.21 bits per heavy atom. The third kappa shape index (κ3) is 1.61. The standard InChI is InChI=1S/C10H10Cl2N2/c11-8-2-1-7-5-10(12)14(4-3-13)9(7)6-8/h1-2,5-6H,3-4,13H2. The number of benzene rings is 1. The molecule has 14 heavy (non-hydrogen) atoms. The Balaban J connectivity index is 2.66. The molecular weight excluding hydrogens is 219 g/mol. The van der Waals surface area contributed by atoms with Crippen molar-refractivity contribution in [3.8, 4) is 0 Å². The largest absolute Gasteiger partial charge is 0.330 e. The molecule has 2 rings (SSSR count). The van der Waals surface area contributed by atoms with Crippen molar-refractivity contribution in [2.75, 3.05) is 6.54 Å². The van der Waals surface area contributed by atoms with Gasteiger partial charge in [0.25, 0.3) is 0 Å². The highest BCUT2D eigenvalue weighted by atomic mass is 35.5. The topological polar surface area (TPSA) is 30.9 Å². The minimum absolute atomic E-state index is 0.565. The summed E-state index contributed by atoms with van der Waals surface area (Å²) in [6.07, 6.45) is 0. The summed E-state index contributed by atoms with van der Waals surface area (Å²) >= 11 is 12.0. The number of hydrogen-bond donors (Lipinski definition) is 1. The van der Waals surface area contributed by atoms with E-state index in [1.807, 2.05) is 28.8 Å². The van der Waals surface area contributed by atoms with Crippen LogP contribution < -0.4 is 5.73 Å². The lowest BCUT2D eigenvalue weighted by Gasteiger charge is -2.04. The van der Waals surface area contributed by atoms with Crippen molar-refractivity contribution in [1.82, 2.24) is 4.57 Å². The Kier molecular flexibility index (Phi) is 2.68. The molecular formula is C10H10Cl2N2. The number of nitrogens with two attached hydrogens (primary N) is 1. The molecule has 0 aliphatic rings. The van der Waals surface area contributed by atoms with E-state index in [0.717, 1.165) is 10.9 Å². The van der Waals surface area contributed by atoms with Gasteiger partial charge in [-0.2, -0.15) is 0 Å². The smallest absolute Gasteiger partial charge is 0.110 e. The van der Waals surface area contributed by atoms with Crippen LogP contribution >= 0.6 is 23.2 Å². The van der Waals surface area contributed by atoms with Gasteiger partial charge in [0.05, 0.1) is 5.52 Å². The quantitative estimate of drug-likeness (QED) is 0.843. The number of fused-ring (bicyclic) bond motifs is 1. The SMILES string of the molecule is NCCn1c(Cl)cc2ccc(Cl)cc21. The van der Waals surface area contributed by atoms with Crippen LogP contribution in [0.1, 0.15) is 0 Å². The summed E-state index contributed by atoms with van der Waals surface area (Å²) < 4.78 is 1.96. The first-order valence-corrected chi connectivity index (χ1v) is 5.12. The van der Waals surface area contributed by atoms with Gasteiger partial charge in [-0.1, -0.05) is 29.3 Å². The molecule has 0 bridgehead atoms. The Morgan fingerprint density at radius 3 is 2.71 bits per heavy atom. The molecule has 0 aliphatic carbocycles. The molecule has 1 aromatic heterocycles. The summed E-state index contributed by atoms with van der Waals surface area (Å²) in [5.74, 6) is 0. The van der Waals surface area contributed by atoms with Gasteiger partial charge in [0, 0.05) is 23.5 Å². The first-order chi connectivity index (χ1) is 6.72. The number of rotatable bonds is 2. The van der Waals surface area contributed by atoms with Crippen LogP contribution in [0, 0.1) is 0 Å². The predicted molar refractivity (Wildman–Crippen MR) is 61.0 cm³/mol. The highest BCUT2D eigenvalue weighted by Gasteiger charge is 2.06. The van der Waals surface area contributed by atoms with E-state index in [2.05, 4.69) is 0 Å². The second-order valence-corrected chi connectivity index (χ2v) is 3.93. The molecule has 0 unspecified atom stereocenters. The van der Waals surface area contributed by atoms with E-state index in [9.17, 15) is 0 Å². The third-order valence-corrected chi connectivity index (χ3v) is 2.72. The highest BCUT2D eigenvalue weighted by Crippen LogP contribution is 2.25. The fourth-order valence-corrected chi connectivity index (χ4v) is 2.01. The Bertz CT molecular complexity index is 462. The summed E-state index contributed by atoms with van der Waals surface area (Å²) in [4.78, 5) is 0. The monoisotopic (exact) mass is 228 g/mol. The number of aromatic nitrogens is 1. The summed E-state index contributed by atoms with van der Waals surface area (Å²) in [7, 11) is 0. The van der Waals surface area contributed by atoms with Crippen LogP contribution in [0.4, 0.5) is 0 Å². The van der Waals surface area contributed by atoms with E-state index < -0.39 is 0 Å². The van der Waals surface area contributed by atoms with E-state index in [1.165, 1.54) is 0 Å². The fraction of sp³-hybridized carbons (Fsp3) is 0.200. The van der Waals surface area contributed by atoms with Crippen LogP contribution in [0.25, 0.3) is 10.9 Å². The molecule has 0 aliphatic heterocycles. The zero-order chi connectivity index (χ0) is 10.1. The van der Waals surface area contributed by atoms with Gasteiger partial charge < -0.3 is 10.3 Å². The normalized spacial score (nSPS) is 11.1. The van der Waals surface area contributed by atoms with Gasteiger partial charge in [-0.3, -0.25) is 0 Å². The molecule has 2 nitrogen and oxygen atoms in total. The van der Waals surface area contributed by atoms with E-state index in [1.54, 1.807) is 0 Å². The zero-order valence-electron chi connectivity index (χ0n) is 7.50. The minimum Gasteiger partial charge on any atom is -0.330 e. The average Bonchev–Trinajstić information content (AvgIpc) is 2.45. The number of nitrogens with zero attached hydrogens (tertiary/aromatic N) is 1. The molecule has 0 atom stereocenters. The lowest BCUT2D eigenvalue weighted by atomic mass is 10.2. The molecule has 0 spiro atoms. The van der Waals surface area contributed by atoms with Gasteiger partial charge in [-0.15, -0.1) is 0 Å². The van der Waals surface area contributed by atoms with Crippen LogP contribution in [0.5, 0.6) is 0 Å². The van der Waals surface area contributed by atoms with Gasteiger partial charge in [-0.05, 0) is 18.2 Å². The first-order valence-electron chi connectivity index (χ1n) is 4.37. The van der Waals surface area contributed by atoms with E-state index in [4.69, 9.17) is 28.9 Å². The van der Waals surface area contributed by atoms with Crippen LogP contribution in [0.2, 0.25) is 10.2 Å². The van der Waals surface area contributed by atoms with Crippen molar-refractivity contribution in [2.24, 2.45) is 5.73 Å². The maximum absolute atomic E-state index is 6.06. The lowest BCUT2D eigenvalue weighted by Crippen LogP contribution is -2.09. The van der Waals surface area contributed by atoms with Gasteiger partial charge in [0.1, 0.15) is 5.15 Å². The van der Waals surface area contributed by atoms with Crippen LogP contribution in [0.3, 0.4) is 0 Å². The molecule has 0 saturated heterocycles. The van der Waals surface area contributed by atoms with Gasteiger partial charge in [0.15, 0.2) is 0 Å². The maximum Gasteiger partial charge on any atom is 0.110 e. The zero-order valence-corrected chi connectivity index (χ0v) is 9.02. The molecule has 0 radical (unpaired) electrons. The Hall–Kier alpha value is -0.700. The van der Waals surface area contributed by atoms with Crippen molar-refractivity contribution in [3.63, 3.8) is 0 Å². The fourth-order valence-electron chi connectivity index (χ4n) is 1.55. The summed E-state index contributed by atoms with van der Waals surface area (Å²) in [6.45, 7) is 1.28. The highest BCUT2D eigenvalue weighted by molar-refractivity contribution is 6.32. The van der Waals surface area contributed by atoms with E-state index >= 15 is 0 Å². The van der Waals surface area contributed by atoms with Gasteiger partial charge >= 0.3 is 0 Å². The van der Waals surface area contributed by atoms with E-state index in [-0.39, 0.29) is 0 Å².